The minimum atomic E-state index is -5.46. The molecule has 0 bridgehead atoms. The van der Waals surface area contributed by atoms with Gasteiger partial charge in [-0.2, -0.15) is 60.7 Å². The van der Waals surface area contributed by atoms with Crippen LogP contribution in [0.3, 0.4) is 0 Å². The van der Waals surface area contributed by atoms with Crippen LogP contribution in [0.5, 0.6) is 28.7 Å². The summed E-state index contributed by atoms with van der Waals surface area (Å²) in [4.78, 5) is -6.32. The lowest BCUT2D eigenvalue weighted by atomic mass is 10.0. The van der Waals surface area contributed by atoms with Crippen molar-refractivity contribution in [2.75, 3.05) is 20.0 Å². The van der Waals surface area contributed by atoms with E-state index in [1.807, 2.05) is 0 Å². The molecule has 0 radical (unpaired) electrons. The second-order valence-corrected chi connectivity index (χ2v) is 24.9. The molecule has 0 aliphatic rings. The van der Waals surface area contributed by atoms with Gasteiger partial charge < -0.3 is 30.5 Å². The first kappa shape index (κ1) is 59.3. The van der Waals surface area contributed by atoms with Crippen LogP contribution in [0, 0.1) is 0 Å². The van der Waals surface area contributed by atoms with Gasteiger partial charge in [0.25, 0.3) is 60.7 Å². The fraction of sp³-hybridized carbons (Fsp3) is 0.0455. The molecule has 0 aliphatic carbocycles. The van der Waals surface area contributed by atoms with E-state index in [9.17, 15) is 93.1 Å². The number of anilines is 1. The smallest absolute Gasteiger partial charge is 0.296 e. The Morgan fingerprint density at radius 1 is 0.354 bits per heavy atom. The van der Waals surface area contributed by atoms with Crippen LogP contribution in [0.25, 0.3) is 32.3 Å². The van der Waals surface area contributed by atoms with Crippen LogP contribution in [-0.2, 0) is 60.7 Å². The lowest BCUT2D eigenvalue weighted by Gasteiger charge is -2.14. The predicted molar refractivity (Wildman–Crippen MR) is 283 cm³/mol. The highest BCUT2D eigenvalue weighted by Crippen LogP contribution is 2.50. The highest BCUT2D eigenvalue weighted by atomic mass is 32.2. The van der Waals surface area contributed by atoms with Gasteiger partial charge in [0.1, 0.15) is 75.0 Å². The van der Waals surface area contributed by atoms with Gasteiger partial charge in [0.2, 0.25) is 0 Å². The van der Waals surface area contributed by atoms with Crippen molar-refractivity contribution in [3.63, 3.8) is 0 Å². The molecule has 0 aromatic heterocycles. The molecule has 8 rings (SSSR count). The summed E-state index contributed by atoms with van der Waals surface area (Å²) >= 11 is 0. The number of hydrogen-bond donors (Lipinski definition) is 10. The number of fused-ring (bicyclic) bond motifs is 3. The summed E-state index contributed by atoms with van der Waals surface area (Å²) in [5.74, 6) is -3.27. The van der Waals surface area contributed by atoms with E-state index in [0.29, 0.717) is 12.1 Å². The van der Waals surface area contributed by atoms with Gasteiger partial charge in [-0.05, 0) is 101 Å². The molecule has 82 heavy (non-hydrogen) atoms. The number of phenols is 3. The Bertz CT molecular complexity index is 4640. The van der Waals surface area contributed by atoms with Crippen LogP contribution in [0.1, 0.15) is 0 Å². The van der Waals surface area contributed by atoms with Crippen molar-refractivity contribution in [3.8, 4) is 28.7 Å². The largest absolute Gasteiger partial charge is 0.505 e. The van der Waals surface area contributed by atoms with Gasteiger partial charge >= 0.3 is 0 Å². The van der Waals surface area contributed by atoms with Gasteiger partial charge in [-0.15, -0.1) is 30.7 Å². The molecule has 0 spiro atoms. The minimum absolute atomic E-state index is 0.0449. The van der Waals surface area contributed by atoms with Crippen LogP contribution < -0.4 is 15.2 Å². The van der Waals surface area contributed by atoms with Gasteiger partial charge in [-0.1, -0.05) is 0 Å². The minimum Gasteiger partial charge on any atom is -0.505 e. The second kappa shape index (κ2) is 21.3. The molecular formula is C44H33N9O23S6. The van der Waals surface area contributed by atoms with Gasteiger partial charge in [-0.3, -0.25) is 27.3 Å². The molecule has 0 fully saturated rings. The van der Waals surface area contributed by atoms with Crippen molar-refractivity contribution < 1.29 is 103 Å². The monoisotopic (exact) mass is 1250 g/mol. The number of nitrogen functional groups attached to an aromatic ring is 1. The zero-order valence-corrected chi connectivity index (χ0v) is 45.5. The number of methoxy groups -OCH3 is 2. The van der Waals surface area contributed by atoms with E-state index in [1.54, 1.807) is 0 Å². The van der Waals surface area contributed by atoms with Crippen molar-refractivity contribution in [1.82, 2.24) is 0 Å². The first-order valence-electron chi connectivity index (χ1n) is 21.6. The zero-order chi connectivity index (χ0) is 60.4. The number of aromatic hydroxyl groups is 3. The van der Waals surface area contributed by atoms with E-state index in [-0.39, 0.29) is 44.4 Å². The molecule has 0 heterocycles. The molecule has 0 amide bonds. The van der Waals surface area contributed by atoms with E-state index >= 15 is 0 Å². The maximum atomic E-state index is 12.8. The molecule has 8 aromatic rings. The Balaban J connectivity index is 1.21. The number of hydrogen-bond acceptors (Lipinski definition) is 26. The third-order valence-corrected chi connectivity index (χ3v) is 16.7. The van der Waals surface area contributed by atoms with E-state index < -0.39 is 158 Å². The Labute approximate surface area is 460 Å². The normalized spacial score (nSPS) is 13.2. The quantitative estimate of drug-likeness (QED) is 0.0245. The van der Waals surface area contributed by atoms with E-state index in [4.69, 9.17) is 15.2 Å². The molecular weight excluding hydrogens is 1210 g/mol. The van der Waals surface area contributed by atoms with E-state index in [1.165, 1.54) is 26.4 Å². The third-order valence-electron chi connectivity index (χ3n) is 11.4. The Morgan fingerprint density at radius 2 is 0.671 bits per heavy atom. The molecule has 0 atom stereocenters. The van der Waals surface area contributed by atoms with E-state index in [2.05, 4.69) is 40.9 Å². The number of benzene rings is 8. The van der Waals surface area contributed by atoms with Crippen molar-refractivity contribution in [3.05, 3.63) is 97.1 Å². The maximum Gasteiger partial charge on any atom is 0.296 e. The maximum absolute atomic E-state index is 12.8. The predicted octanol–water partition coefficient (Wildman–Crippen LogP) is 9.00. The number of nitrogens with zero attached hydrogens (tertiary/aromatic N) is 8. The van der Waals surface area contributed by atoms with Crippen LogP contribution in [0.2, 0.25) is 0 Å². The lowest BCUT2D eigenvalue weighted by molar-refractivity contribution is 0.412. The van der Waals surface area contributed by atoms with Crippen molar-refractivity contribution >= 4 is 144 Å². The number of ether oxygens (including phenoxy) is 2. The average molecular weight is 1250 g/mol. The standard InChI is InChI=1S/C44H33N9O23S6/c1-75-24-5-9-28(30(17-24)77(57,58)59)48-52-39-33(80(66,67)68)13-19-11-22(3-7-26(19)42(39)54)46-50-38-32(79(63,64)65)15-21-16-35(82(72,73)74)41(44(56)36(21)37(38)45)51-47-23-4-8-27-20(12-23)14-34(81(69,70)71)40(43(27)55)53-49-29-10-6-25(76-2)18-31(29)78(60,61)62/h3-18,54-56H,45H2,1-2H3,(H,57,58,59)(H,60,61,62)(H,63,64,65)(H,66,67,68)(H,69,70,71)(H,72,73,74). The molecule has 32 nitrogen and oxygen atoms in total. The molecule has 8 aromatic carbocycles. The zero-order valence-electron chi connectivity index (χ0n) is 40.6. The fourth-order valence-corrected chi connectivity index (χ4v) is 11.7. The van der Waals surface area contributed by atoms with Crippen LogP contribution in [0.15, 0.2) is 167 Å². The Kier molecular flexibility index (Phi) is 15.4. The van der Waals surface area contributed by atoms with Crippen LogP contribution in [0.4, 0.5) is 51.2 Å². The molecule has 0 saturated carbocycles. The van der Waals surface area contributed by atoms with Gasteiger partial charge in [-0.25, -0.2) is 0 Å². The molecule has 11 N–H and O–H groups in total. The van der Waals surface area contributed by atoms with Crippen molar-refractivity contribution in [1.29, 1.82) is 0 Å². The van der Waals surface area contributed by atoms with Crippen LogP contribution in [-0.4, -0.2) is 107 Å². The molecule has 38 heteroatoms. The highest BCUT2D eigenvalue weighted by molar-refractivity contribution is 7.87. The summed E-state index contributed by atoms with van der Waals surface area (Å²) in [5, 5.41) is 61.7. The van der Waals surface area contributed by atoms with Gasteiger partial charge in [0.15, 0.2) is 17.2 Å². The summed E-state index contributed by atoms with van der Waals surface area (Å²) in [5.41, 5.74) is -0.186. The number of nitrogens with two attached hydrogens (primary N) is 1. The molecule has 0 aliphatic heterocycles. The highest BCUT2D eigenvalue weighted by Gasteiger charge is 2.30. The van der Waals surface area contributed by atoms with Crippen LogP contribution >= 0.6 is 0 Å². The summed E-state index contributed by atoms with van der Waals surface area (Å²) in [6, 6.07) is 15.1. The Morgan fingerprint density at radius 3 is 1.02 bits per heavy atom. The topological polar surface area (TPSA) is 530 Å². The van der Waals surface area contributed by atoms with Crippen molar-refractivity contribution in [2.45, 2.75) is 29.4 Å². The SMILES string of the molecule is COc1ccc(N=Nc2c(S(=O)(=O)O)cc3cc(N=Nc4c(S(=O)(=O)O)cc5cc(S(=O)(=O)O)c(N=Nc6ccc7c(O)c(N=Nc8ccc(OC)cc8S(=O)(=O)O)c(S(=O)(=O)O)cc7c6)c(O)c5c4N)ccc3c2O)c(S(=O)(=O)O)c1. The fourth-order valence-electron chi connectivity index (χ4n) is 7.74. The van der Waals surface area contributed by atoms with Gasteiger partial charge in [0, 0.05) is 22.9 Å². The molecule has 0 saturated heterocycles. The van der Waals surface area contributed by atoms with Gasteiger partial charge in [0.05, 0.1) is 36.7 Å². The molecule has 0 unspecified atom stereocenters. The summed E-state index contributed by atoms with van der Waals surface area (Å²) in [6.07, 6.45) is 0. The van der Waals surface area contributed by atoms with Crippen molar-refractivity contribution in [2.24, 2.45) is 40.9 Å². The first-order valence-corrected chi connectivity index (χ1v) is 30.2. The number of azo groups is 4. The third kappa shape index (κ3) is 12.0. The number of phenolic OH excluding ortho intramolecular Hbond substituents is 3. The number of rotatable bonds is 16. The second-order valence-electron chi connectivity index (χ2n) is 16.6. The average Bonchev–Trinajstić information content (AvgIpc) is 3.33. The summed E-state index contributed by atoms with van der Waals surface area (Å²) < 4.78 is 220. The molecule has 428 valence electrons. The lowest BCUT2D eigenvalue weighted by Crippen LogP contribution is -2.03. The summed E-state index contributed by atoms with van der Waals surface area (Å²) in [7, 11) is -29.1. The first-order chi connectivity index (χ1) is 38.0. The van der Waals surface area contributed by atoms with E-state index in [0.717, 1.165) is 72.8 Å². The Hall–Kier alpha value is -8.80. The summed E-state index contributed by atoms with van der Waals surface area (Å²) in [6.45, 7) is 0.